The Morgan fingerprint density at radius 2 is 1.87 bits per heavy atom. The molecule has 0 spiro atoms. The molecule has 84 valence electrons. The molecule has 0 saturated carbocycles. The molecule has 1 rings (SSSR count). The monoisotopic (exact) mass is 227 g/mol. The van der Waals surface area contributed by atoms with Crippen LogP contribution in [0.5, 0.6) is 0 Å². The molecule has 1 aromatic rings. The van der Waals surface area contributed by atoms with E-state index < -0.39 is 0 Å². The summed E-state index contributed by atoms with van der Waals surface area (Å²) in [5, 5.41) is 9.47. The third kappa shape index (κ3) is 5.17. The van der Waals surface area contributed by atoms with Crippen molar-refractivity contribution in [3.05, 3.63) is 34.9 Å². The first-order valence-electron chi connectivity index (χ1n) is 5.26. The zero-order valence-electron chi connectivity index (χ0n) is 9.12. The smallest absolute Gasteiger partial charge is 0.0443 e. The number of rotatable bonds is 6. The standard InChI is InChI=1S/C12H18ClNO/c1-14(8-2-10-15)9-7-11-3-5-12(13)6-4-11/h3-6,15H,2,7-10H2,1H3. The molecule has 0 heterocycles. The summed E-state index contributed by atoms with van der Waals surface area (Å²) in [4.78, 5) is 2.23. The molecule has 1 N–H and O–H groups in total. The maximum absolute atomic E-state index is 8.69. The van der Waals surface area contributed by atoms with Gasteiger partial charge in [0, 0.05) is 24.7 Å². The minimum atomic E-state index is 0.269. The number of likely N-dealkylation sites (N-methyl/N-ethyl adjacent to an activating group) is 1. The first-order valence-corrected chi connectivity index (χ1v) is 5.64. The van der Waals surface area contributed by atoms with Gasteiger partial charge in [0.05, 0.1) is 0 Å². The molecule has 0 fully saturated rings. The summed E-state index contributed by atoms with van der Waals surface area (Å²) in [6, 6.07) is 7.96. The molecule has 15 heavy (non-hydrogen) atoms. The van der Waals surface area contributed by atoms with Crippen LogP contribution in [0, 0.1) is 0 Å². The summed E-state index contributed by atoms with van der Waals surface area (Å²) in [6.07, 6.45) is 1.87. The van der Waals surface area contributed by atoms with Crippen molar-refractivity contribution in [3.63, 3.8) is 0 Å². The van der Waals surface area contributed by atoms with Gasteiger partial charge in [0.15, 0.2) is 0 Å². The quantitative estimate of drug-likeness (QED) is 0.806. The number of hydrogen-bond acceptors (Lipinski definition) is 2. The normalized spacial score (nSPS) is 10.9. The van der Waals surface area contributed by atoms with Crippen molar-refractivity contribution in [2.45, 2.75) is 12.8 Å². The highest BCUT2D eigenvalue weighted by molar-refractivity contribution is 6.30. The first-order chi connectivity index (χ1) is 7.22. The lowest BCUT2D eigenvalue weighted by molar-refractivity contribution is 0.248. The molecular weight excluding hydrogens is 210 g/mol. The van der Waals surface area contributed by atoms with Crippen molar-refractivity contribution < 1.29 is 5.11 Å². The van der Waals surface area contributed by atoms with E-state index in [1.165, 1.54) is 5.56 Å². The number of aliphatic hydroxyl groups is 1. The Hall–Kier alpha value is -0.570. The summed E-state index contributed by atoms with van der Waals surface area (Å²) < 4.78 is 0. The fourth-order valence-electron chi connectivity index (χ4n) is 1.42. The molecule has 0 radical (unpaired) electrons. The fourth-order valence-corrected chi connectivity index (χ4v) is 1.55. The van der Waals surface area contributed by atoms with E-state index in [-0.39, 0.29) is 6.61 Å². The average Bonchev–Trinajstić information content (AvgIpc) is 2.25. The van der Waals surface area contributed by atoms with E-state index in [1.807, 2.05) is 12.1 Å². The lowest BCUT2D eigenvalue weighted by Gasteiger charge is -2.15. The van der Waals surface area contributed by atoms with E-state index in [1.54, 1.807) is 0 Å². The highest BCUT2D eigenvalue weighted by atomic mass is 35.5. The van der Waals surface area contributed by atoms with Gasteiger partial charge in [-0.25, -0.2) is 0 Å². The van der Waals surface area contributed by atoms with Gasteiger partial charge in [0.25, 0.3) is 0 Å². The Morgan fingerprint density at radius 3 is 2.47 bits per heavy atom. The second-order valence-corrected chi connectivity index (χ2v) is 4.19. The van der Waals surface area contributed by atoms with Crippen LogP contribution in [0.3, 0.4) is 0 Å². The van der Waals surface area contributed by atoms with Crippen molar-refractivity contribution in [3.8, 4) is 0 Å². The summed E-state index contributed by atoms with van der Waals surface area (Å²) in [5.41, 5.74) is 1.30. The number of hydrogen-bond donors (Lipinski definition) is 1. The Kier molecular flexibility index (Phi) is 5.69. The van der Waals surface area contributed by atoms with Crippen molar-refractivity contribution in [2.24, 2.45) is 0 Å². The molecule has 2 nitrogen and oxygen atoms in total. The van der Waals surface area contributed by atoms with Crippen LogP contribution in [0.25, 0.3) is 0 Å². The third-order valence-corrected chi connectivity index (χ3v) is 2.65. The van der Waals surface area contributed by atoms with Gasteiger partial charge in [-0.2, -0.15) is 0 Å². The number of halogens is 1. The van der Waals surface area contributed by atoms with Crippen LogP contribution in [0.4, 0.5) is 0 Å². The Balaban J connectivity index is 2.27. The molecule has 0 aliphatic carbocycles. The fraction of sp³-hybridized carbons (Fsp3) is 0.500. The highest BCUT2D eigenvalue weighted by Gasteiger charge is 1.98. The van der Waals surface area contributed by atoms with Crippen LogP contribution >= 0.6 is 11.6 Å². The molecule has 0 unspecified atom stereocenters. The second-order valence-electron chi connectivity index (χ2n) is 3.76. The van der Waals surface area contributed by atoms with Gasteiger partial charge < -0.3 is 10.0 Å². The van der Waals surface area contributed by atoms with Gasteiger partial charge in [-0.3, -0.25) is 0 Å². The second kappa shape index (κ2) is 6.83. The van der Waals surface area contributed by atoms with E-state index in [4.69, 9.17) is 16.7 Å². The minimum Gasteiger partial charge on any atom is -0.396 e. The van der Waals surface area contributed by atoms with E-state index in [9.17, 15) is 0 Å². The van der Waals surface area contributed by atoms with Gasteiger partial charge >= 0.3 is 0 Å². The van der Waals surface area contributed by atoms with Crippen LogP contribution in [0.15, 0.2) is 24.3 Å². The molecule has 3 heteroatoms. The van der Waals surface area contributed by atoms with E-state index in [2.05, 4.69) is 24.1 Å². The SMILES string of the molecule is CN(CCCO)CCc1ccc(Cl)cc1. The van der Waals surface area contributed by atoms with Gasteiger partial charge in [0.2, 0.25) is 0 Å². The zero-order valence-corrected chi connectivity index (χ0v) is 9.87. The van der Waals surface area contributed by atoms with Crippen molar-refractivity contribution in [1.82, 2.24) is 4.90 Å². The Bertz CT molecular complexity index is 273. The van der Waals surface area contributed by atoms with E-state index in [0.29, 0.717) is 0 Å². The summed E-state index contributed by atoms with van der Waals surface area (Å²) in [7, 11) is 2.07. The molecule has 0 saturated heterocycles. The minimum absolute atomic E-state index is 0.269. The van der Waals surface area contributed by atoms with Crippen LogP contribution in [0.2, 0.25) is 5.02 Å². The molecule has 0 bridgehead atoms. The van der Waals surface area contributed by atoms with Gasteiger partial charge in [-0.15, -0.1) is 0 Å². The number of aliphatic hydroxyl groups excluding tert-OH is 1. The Labute approximate surface area is 96.5 Å². The molecule has 1 aromatic carbocycles. The van der Waals surface area contributed by atoms with Crippen molar-refractivity contribution in [2.75, 3.05) is 26.7 Å². The lowest BCUT2D eigenvalue weighted by Crippen LogP contribution is -2.23. The molecule has 0 aliphatic heterocycles. The largest absolute Gasteiger partial charge is 0.396 e. The van der Waals surface area contributed by atoms with Crippen LogP contribution in [0.1, 0.15) is 12.0 Å². The third-order valence-electron chi connectivity index (χ3n) is 2.39. The molecule has 0 atom stereocenters. The summed E-state index contributed by atoms with van der Waals surface area (Å²) in [6.45, 7) is 2.23. The number of benzene rings is 1. The van der Waals surface area contributed by atoms with E-state index >= 15 is 0 Å². The van der Waals surface area contributed by atoms with Gasteiger partial charge in [-0.05, 0) is 37.6 Å². The van der Waals surface area contributed by atoms with Crippen LogP contribution in [-0.4, -0.2) is 36.8 Å². The predicted octanol–water partition coefficient (Wildman–Crippen LogP) is 2.20. The molecule has 0 amide bonds. The maximum Gasteiger partial charge on any atom is 0.0443 e. The lowest BCUT2D eigenvalue weighted by atomic mass is 10.1. The van der Waals surface area contributed by atoms with E-state index in [0.717, 1.165) is 31.0 Å². The summed E-state index contributed by atoms with van der Waals surface area (Å²) >= 11 is 5.80. The highest BCUT2D eigenvalue weighted by Crippen LogP contribution is 2.10. The van der Waals surface area contributed by atoms with Gasteiger partial charge in [0.1, 0.15) is 0 Å². The summed E-state index contributed by atoms with van der Waals surface area (Å²) in [5.74, 6) is 0. The van der Waals surface area contributed by atoms with Crippen molar-refractivity contribution >= 4 is 11.6 Å². The molecule has 0 aromatic heterocycles. The zero-order chi connectivity index (χ0) is 11.1. The van der Waals surface area contributed by atoms with Gasteiger partial charge in [-0.1, -0.05) is 23.7 Å². The number of nitrogens with zero attached hydrogens (tertiary/aromatic N) is 1. The maximum atomic E-state index is 8.69. The molecular formula is C12H18ClNO. The van der Waals surface area contributed by atoms with Crippen molar-refractivity contribution in [1.29, 1.82) is 0 Å². The molecule has 0 aliphatic rings. The first kappa shape index (κ1) is 12.5. The predicted molar refractivity (Wildman–Crippen MR) is 64.4 cm³/mol. The average molecular weight is 228 g/mol. The van der Waals surface area contributed by atoms with Crippen LogP contribution in [-0.2, 0) is 6.42 Å². The van der Waals surface area contributed by atoms with Crippen LogP contribution < -0.4 is 0 Å². The topological polar surface area (TPSA) is 23.5 Å². The Morgan fingerprint density at radius 1 is 1.20 bits per heavy atom.